The topological polar surface area (TPSA) is 67.4 Å². The summed E-state index contributed by atoms with van der Waals surface area (Å²) in [4.78, 5) is 25.3. The number of amides is 2. The average molecular weight is 419 g/mol. The second-order valence-electron chi connectivity index (χ2n) is 6.30. The van der Waals surface area contributed by atoms with Gasteiger partial charge in [-0.3, -0.25) is 9.59 Å². The Balaban J connectivity index is 1.53. The van der Waals surface area contributed by atoms with E-state index in [9.17, 15) is 9.59 Å². The molecule has 0 aromatic heterocycles. The van der Waals surface area contributed by atoms with Crippen molar-refractivity contribution in [1.82, 2.24) is 0 Å². The molecule has 0 bridgehead atoms. The SMILES string of the molecule is COc1ccccc1NC(=O)CSc1cccc(NC(=O)/C=C/c2ccccc2)c1. The number of para-hydroxylation sites is 2. The van der Waals surface area contributed by atoms with E-state index in [1.807, 2.05) is 66.7 Å². The highest BCUT2D eigenvalue weighted by Crippen LogP contribution is 2.25. The number of benzene rings is 3. The molecule has 3 aromatic carbocycles. The molecule has 5 nitrogen and oxygen atoms in total. The summed E-state index contributed by atoms with van der Waals surface area (Å²) in [6.07, 6.45) is 3.26. The lowest BCUT2D eigenvalue weighted by Gasteiger charge is -2.10. The molecule has 0 saturated heterocycles. The van der Waals surface area contributed by atoms with Gasteiger partial charge in [0.05, 0.1) is 18.6 Å². The Kier molecular flexibility index (Phi) is 7.69. The van der Waals surface area contributed by atoms with E-state index in [0.29, 0.717) is 17.1 Å². The maximum absolute atomic E-state index is 12.3. The van der Waals surface area contributed by atoms with Crippen LogP contribution in [-0.4, -0.2) is 24.7 Å². The second-order valence-corrected chi connectivity index (χ2v) is 7.35. The Bertz CT molecular complexity index is 1040. The maximum Gasteiger partial charge on any atom is 0.248 e. The van der Waals surface area contributed by atoms with Crippen LogP contribution in [0.1, 0.15) is 5.56 Å². The first-order chi connectivity index (χ1) is 14.6. The number of nitrogens with one attached hydrogen (secondary N) is 2. The zero-order valence-corrected chi connectivity index (χ0v) is 17.3. The van der Waals surface area contributed by atoms with Gasteiger partial charge in [0.2, 0.25) is 11.8 Å². The van der Waals surface area contributed by atoms with Crippen molar-refractivity contribution >= 4 is 41.0 Å². The van der Waals surface area contributed by atoms with Crippen molar-refractivity contribution in [1.29, 1.82) is 0 Å². The van der Waals surface area contributed by atoms with Crippen LogP contribution in [0.25, 0.3) is 6.08 Å². The molecular weight excluding hydrogens is 396 g/mol. The summed E-state index contributed by atoms with van der Waals surface area (Å²) in [5.74, 6) is 0.507. The lowest BCUT2D eigenvalue weighted by Crippen LogP contribution is -2.14. The fourth-order valence-corrected chi connectivity index (χ4v) is 3.42. The fourth-order valence-electron chi connectivity index (χ4n) is 2.67. The summed E-state index contributed by atoms with van der Waals surface area (Å²) in [6, 6.07) is 24.3. The highest BCUT2D eigenvalue weighted by Gasteiger charge is 2.08. The van der Waals surface area contributed by atoms with Gasteiger partial charge in [-0.15, -0.1) is 11.8 Å². The minimum atomic E-state index is -0.213. The number of carbonyl (C=O) groups is 2. The van der Waals surface area contributed by atoms with E-state index in [1.54, 1.807) is 25.3 Å². The van der Waals surface area contributed by atoms with Gasteiger partial charge in [0.25, 0.3) is 0 Å². The van der Waals surface area contributed by atoms with Gasteiger partial charge in [-0.1, -0.05) is 48.5 Å². The van der Waals surface area contributed by atoms with Crippen LogP contribution in [0.5, 0.6) is 5.75 Å². The Morgan fingerprint density at radius 3 is 2.50 bits per heavy atom. The zero-order valence-electron chi connectivity index (χ0n) is 16.5. The van der Waals surface area contributed by atoms with Crippen LogP contribution in [0.15, 0.2) is 89.8 Å². The van der Waals surface area contributed by atoms with E-state index in [2.05, 4.69) is 10.6 Å². The minimum Gasteiger partial charge on any atom is -0.495 e. The molecule has 0 unspecified atom stereocenters. The molecule has 152 valence electrons. The molecule has 0 heterocycles. The van der Waals surface area contributed by atoms with Crippen molar-refractivity contribution in [2.24, 2.45) is 0 Å². The summed E-state index contributed by atoms with van der Waals surface area (Å²) < 4.78 is 5.24. The zero-order chi connectivity index (χ0) is 21.2. The van der Waals surface area contributed by atoms with Gasteiger partial charge in [0, 0.05) is 16.7 Å². The number of rotatable bonds is 8. The summed E-state index contributed by atoms with van der Waals surface area (Å²) in [5.41, 5.74) is 2.27. The smallest absolute Gasteiger partial charge is 0.248 e. The Labute approximate surface area is 180 Å². The highest BCUT2D eigenvalue weighted by molar-refractivity contribution is 8.00. The van der Waals surface area contributed by atoms with Crippen LogP contribution in [0, 0.1) is 0 Å². The Hall–Kier alpha value is -3.51. The molecule has 0 fully saturated rings. The van der Waals surface area contributed by atoms with Crippen molar-refractivity contribution < 1.29 is 14.3 Å². The first kappa shape index (κ1) is 21.2. The van der Waals surface area contributed by atoms with Gasteiger partial charge < -0.3 is 15.4 Å². The van der Waals surface area contributed by atoms with Crippen molar-refractivity contribution in [3.8, 4) is 5.75 Å². The molecule has 0 atom stereocenters. The normalized spacial score (nSPS) is 10.6. The Morgan fingerprint density at radius 1 is 0.933 bits per heavy atom. The molecule has 0 spiro atoms. The number of methoxy groups -OCH3 is 1. The lowest BCUT2D eigenvalue weighted by molar-refractivity contribution is -0.114. The molecule has 6 heteroatoms. The minimum absolute atomic E-state index is 0.135. The third-order valence-electron chi connectivity index (χ3n) is 4.08. The largest absolute Gasteiger partial charge is 0.495 e. The predicted octanol–water partition coefficient (Wildman–Crippen LogP) is 5.08. The van der Waals surface area contributed by atoms with Gasteiger partial charge in [0.1, 0.15) is 5.75 Å². The number of anilines is 2. The van der Waals surface area contributed by atoms with Crippen LogP contribution < -0.4 is 15.4 Å². The van der Waals surface area contributed by atoms with Crippen molar-refractivity contribution in [3.63, 3.8) is 0 Å². The first-order valence-corrected chi connectivity index (χ1v) is 10.3. The number of thioether (sulfide) groups is 1. The quantitative estimate of drug-likeness (QED) is 0.396. The summed E-state index contributed by atoms with van der Waals surface area (Å²) in [5, 5.41) is 5.69. The van der Waals surface area contributed by atoms with Gasteiger partial charge in [0.15, 0.2) is 0 Å². The molecule has 0 aliphatic heterocycles. The highest BCUT2D eigenvalue weighted by atomic mass is 32.2. The molecule has 3 rings (SSSR count). The van der Waals surface area contributed by atoms with Crippen molar-refractivity contribution in [2.45, 2.75) is 4.90 Å². The summed E-state index contributed by atoms with van der Waals surface area (Å²) in [7, 11) is 1.56. The predicted molar refractivity (Wildman–Crippen MR) is 123 cm³/mol. The van der Waals surface area contributed by atoms with E-state index >= 15 is 0 Å². The monoisotopic (exact) mass is 418 g/mol. The van der Waals surface area contributed by atoms with E-state index in [1.165, 1.54) is 17.8 Å². The van der Waals surface area contributed by atoms with Gasteiger partial charge in [-0.25, -0.2) is 0 Å². The molecule has 2 amide bonds. The maximum atomic E-state index is 12.3. The standard InChI is InChI=1S/C24H22N2O3S/c1-29-22-13-6-5-12-21(22)26-24(28)17-30-20-11-7-10-19(16-20)25-23(27)15-14-18-8-3-2-4-9-18/h2-16H,17H2,1H3,(H,25,27)(H,26,28)/b15-14+. The molecular formula is C24H22N2O3S. The summed E-state index contributed by atoms with van der Waals surface area (Å²) in [6.45, 7) is 0. The molecule has 0 saturated carbocycles. The van der Waals surface area contributed by atoms with Crippen LogP contribution in [0.4, 0.5) is 11.4 Å². The molecule has 30 heavy (non-hydrogen) atoms. The van der Waals surface area contributed by atoms with Gasteiger partial charge in [-0.05, 0) is 42.0 Å². The first-order valence-electron chi connectivity index (χ1n) is 9.34. The number of ether oxygens (including phenoxy) is 1. The van der Waals surface area contributed by atoms with E-state index < -0.39 is 0 Å². The Morgan fingerprint density at radius 2 is 1.70 bits per heavy atom. The van der Waals surface area contributed by atoms with Crippen molar-refractivity contribution in [3.05, 3.63) is 90.5 Å². The van der Waals surface area contributed by atoms with Crippen LogP contribution in [-0.2, 0) is 9.59 Å². The van der Waals surface area contributed by atoms with Crippen LogP contribution in [0.3, 0.4) is 0 Å². The van der Waals surface area contributed by atoms with Gasteiger partial charge in [-0.2, -0.15) is 0 Å². The third-order valence-corrected chi connectivity index (χ3v) is 5.07. The molecule has 0 aliphatic carbocycles. The van der Waals surface area contributed by atoms with Crippen LogP contribution in [0.2, 0.25) is 0 Å². The second kappa shape index (κ2) is 10.9. The van der Waals surface area contributed by atoms with E-state index in [0.717, 1.165) is 10.5 Å². The van der Waals surface area contributed by atoms with E-state index in [4.69, 9.17) is 4.74 Å². The summed E-state index contributed by atoms with van der Waals surface area (Å²) >= 11 is 1.39. The van der Waals surface area contributed by atoms with E-state index in [-0.39, 0.29) is 17.6 Å². The molecule has 0 aliphatic rings. The number of hydrogen-bond donors (Lipinski definition) is 2. The fraction of sp³-hybridized carbons (Fsp3) is 0.0833. The van der Waals surface area contributed by atoms with Gasteiger partial charge >= 0.3 is 0 Å². The van der Waals surface area contributed by atoms with Crippen LogP contribution >= 0.6 is 11.8 Å². The average Bonchev–Trinajstić information content (AvgIpc) is 2.78. The molecule has 2 N–H and O–H groups in total. The number of hydrogen-bond acceptors (Lipinski definition) is 4. The molecule has 3 aromatic rings. The third kappa shape index (κ3) is 6.53. The molecule has 0 radical (unpaired) electrons. The number of carbonyl (C=O) groups excluding carboxylic acids is 2. The van der Waals surface area contributed by atoms with Crippen molar-refractivity contribution in [2.75, 3.05) is 23.5 Å². The lowest BCUT2D eigenvalue weighted by atomic mass is 10.2.